The molecule has 30 heavy (non-hydrogen) atoms. The van der Waals surface area contributed by atoms with E-state index in [1.807, 2.05) is 58.9 Å². The Hall–Kier alpha value is -2.54. The standard InChI is InChI=1S/C23H30N2O4S/c1-15-7-8-21-19(12-15)20(13-23(4,5)29-21)24-22(26)14-25(30(6,27)28)18-10-16(2)9-17(3)11-18/h7-12,20H,13-14H2,1-6H3,(H,24,26)/t20-/m0/s1. The highest BCUT2D eigenvalue weighted by Crippen LogP contribution is 2.39. The third-order valence-electron chi connectivity index (χ3n) is 5.14. The molecule has 1 atom stereocenters. The molecule has 1 amide bonds. The lowest BCUT2D eigenvalue weighted by Gasteiger charge is -2.38. The molecular formula is C23H30N2O4S. The van der Waals surface area contributed by atoms with Crippen LogP contribution in [0.2, 0.25) is 0 Å². The highest BCUT2D eigenvalue weighted by atomic mass is 32.2. The molecule has 0 bridgehead atoms. The summed E-state index contributed by atoms with van der Waals surface area (Å²) in [6, 6.07) is 11.2. The quantitative estimate of drug-likeness (QED) is 0.783. The number of ether oxygens (including phenoxy) is 1. The minimum absolute atomic E-state index is 0.253. The number of benzene rings is 2. The zero-order chi connectivity index (χ0) is 22.3. The fourth-order valence-electron chi connectivity index (χ4n) is 3.97. The van der Waals surface area contributed by atoms with Gasteiger partial charge >= 0.3 is 0 Å². The summed E-state index contributed by atoms with van der Waals surface area (Å²) >= 11 is 0. The number of rotatable bonds is 5. The second kappa shape index (κ2) is 7.95. The van der Waals surface area contributed by atoms with Crippen LogP contribution in [0.3, 0.4) is 0 Å². The first-order valence-electron chi connectivity index (χ1n) is 9.99. The Morgan fingerprint density at radius 3 is 2.33 bits per heavy atom. The number of carbonyl (C=O) groups is 1. The molecule has 0 saturated carbocycles. The number of hydrogen-bond acceptors (Lipinski definition) is 4. The molecule has 1 aliphatic rings. The van der Waals surface area contributed by atoms with Gasteiger partial charge in [-0.3, -0.25) is 9.10 Å². The maximum atomic E-state index is 13.0. The molecule has 6 nitrogen and oxygen atoms in total. The van der Waals surface area contributed by atoms with Crippen molar-refractivity contribution in [1.82, 2.24) is 5.32 Å². The molecule has 0 fully saturated rings. The smallest absolute Gasteiger partial charge is 0.241 e. The zero-order valence-corrected chi connectivity index (χ0v) is 19.3. The molecular weight excluding hydrogens is 400 g/mol. The summed E-state index contributed by atoms with van der Waals surface area (Å²) in [5.41, 5.74) is 3.92. The number of carbonyl (C=O) groups excluding carboxylic acids is 1. The van der Waals surface area contributed by atoms with E-state index in [0.29, 0.717) is 12.1 Å². The third-order valence-corrected chi connectivity index (χ3v) is 6.28. The lowest BCUT2D eigenvalue weighted by molar-refractivity contribution is -0.120. The van der Waals surface area contributed by atoms with E-state index in [9.17, 15) is 13.2 Å². The summed E-state index contributed by atoms with van der Waals surface area (Å²) in [5, 5.41) is 3.03. The lowest BCUT2D eigenvalue weighted by atomic mass is 9.89. The average molecular weight is 431 g/mol. The molecule has 1 N–H and O–H groups in total. The van der Waals surface area contributed by atoms with E-state index in [-0.39, 0.29) is 18.5 Å². The molecule has 0 aliphatic carbocycles. The number of nitrogens with zero attached hydrogens (tertiary/aromatic N) is 1. The van der Waals surface area contributed by atoms with Gasteiger partial charge in [-0.2, -0.15) is 0 Å². The molecule has 1 heterocycles. The summed E-state index contributed by atoms with van der Waals surface area (Å²) in [4.78, 5) is 13.0. The van der Waals surface area contributed by atoms with Crippen LogP contribution in [0, 0.1) is 20.8 Å². The van der Waals surface area contributed by atoms with Crippen LogP contribution in [-0.4, -0.2) is 32.7 Å². The highest BCUT2D eigenvalue weighted by Gasteiger charge is 2.35. The Morgan fingerprint density at radius 1 is 1.10 bits per heavy atom. The van der Waals surface area contributed by atoms with Gasteiger partial charge in [-0.1, -0.05) is 23.8 Å². The Morgan fingerprint density at radius 2 is 1.73 bits per heavy atom. The Balaban J connectivity index is 1.87. The van der Waals surface area contributed by atoms with E-state index in [4.69, 9.17) is 4.74 Å². The van der Waals surface area contributed by atoms with Crippen molar-refractivity contribution in [3.05, 3.63) is 58.7 Å². The average Bonchev–Trinajstić information content (AvgIpc) is 2.58. The van der Waals surface area contributed by atoms with Crippen LogP contribution < -0.4 is 14.4 Å². The SMILES string of the molecule is Cc1cc(C)cc(N(CC(=O)N[C@H]2CC(C)(C)Oc3ccc(C)cc32)S(C)(=O)=O)c1. The van der Waals surface area contributed by atoms with E-state index < -0.39 is 15.6 Å². The first-order valence-corrected chi connectivity index (χ1v) is 11.8. The number of anilines is 1. The topological polar surface area (TPSA) is 75.7 Å². The van der Waals surface area contributed by atoms with E-state index in [0.717, 1.165) is 38.6 Å². The van der Waals surface area contributed by atoms with Crippen LogP contribution in [0.25, 0.3) is 0 Å². The van der Waals surface area contributed by atoms with Gasteiger partial charge in [-0.25, -0.2) is 8.42 Å². The van der Waals surface area contributed by atoms with Crippen LogP contribution in [0.4, 0.5) is 5.69 Å². The molecule has 0 radical (unpaired) electrons. The number of fused-ring (bicyclic) bond motifs is 1. The first-order chi connectivity index (χ1) is 13.8. The largest absolute Gasteiger partial charge is 0.487 e. The third kappa shape index (κ3) is 5.14. The fourth-order valence-corrected chi connectivity index (χ4v) is 4.81. The number of aryl methyl sites for hydroxylation is 3. The maximum absolute atomic E-state index is 13.0. The summed E-state index contributed by atoms with van der Waals surface area (Å²) in [6.07, 6.45) is 1.71. The van der Waals surface area contributed by atoms with Gasteiger partial charge in [0.05, 0.1) is 18.0 Å². The fraction of sp³-hybridized carbons (Fsp3) is 0.435. The molecule has 162 valence electrons. The van der Waals surface area contributed by atoms with Gasteiger partial charge in [0.1, 0.15) is 17.9 Å². The molecule has 0 aromatic heterocycles. The van der Waals surface area contributed by atoms with Gasteiger partial charge in [0.2, 0.25) is 15.9 Å². The van der Waals surface area contributed by atoms with Crippen LogP contribution in [0.5, 0.6) is 5.75 Å². The van der Waals surface area contributed by atoms with Gasteiger partial charge < -0.3 is 10.1 Å². The van der Waals surface area contributed by atoms with Crippen LogP contribution in [0.15, 0.2) is 36.4 Å². The van der Waals surface area contributed by atoms with Crippen molar-refractivity contribution in [2.45, 2.75) is 52.7 Å². The van der Waals surface area contributed by atoms with Gasteiger partial charge in [0.25, 0.3) is 0 Å². The second-order valence-corrected chi connectivity index (χ2v) is 10.7. The molecule has 3 rings (SSSR count). The molecule has 2 aromatic carbocycles. The zero-order valence-electron chi connectivity index (χ0n) is 18.4. The van der Waals surface area contributed by atoms with E-state index in [1.165, 1.54) is 0 Å². The van der Waals surface area contributed by atoms with E-state index in [2.05, 4.69) is 5.32 Å². The van der Waals surface area contributed by atoms with Crippen LogP contribution in [0.1, 0.15) is 48.6 Å². The van der Waals surface area contributed by atoms with E-state index in [1.54, 1.807) is 12.1 Å². The van der Waals surface area contributed by atoms with Crippen molar-refractivity contribution in [1.29, 1.82) is 0 Å². The number of nitrogens with one attached hydrogen (secondary N) is 1. The predicted octanol–water partition coefficient (Wildman–Crippen LogP) is 3.80. The summed E-state index contributed by atoms with van der Waals surface area (Å²) in [6.45, 7) is 9.48. The van der Waals surface area contributed by atoms with Gasteiger partial charge in [-0.05, 0) is 63.9 Å². The minimum Gasteiger partial charge on any atom is -0.487 e. The van der Waals surface area contributed by atoms with Crippen molar-refractivity contribution in [2.75, 3.05) is 17.1 Å². The van der Waals surface area contributed by atoms with Gasteiger partial charge in [0, 0.05) is 12.0 Å². The number of hydrogen-bond donors (Lipinski definition) is 1. The second-order valence-electron chi connectivity index (χ2n) is 8.84. The summed E-state index contributed by atoms with van der Waals surface area (Å²) in [7, 11) is -3.63. The van der Waals surface area contributed by atoms with Crippen molar-refractivity contribution in [3.63, 3.8) is 0 Å². The molecule has 1 aliphatic heterocycles. The van der Waals surface area contributed by atoms with Gasteiger partial charge in [0.15, 0.2) is 0 Å². The first kappa shape index (κ1) is 22.2. The van der Waals surface area contributed by atoms with Crippen LogP contribution >= 0.6 is 0 Å². The molecule has 0 unspecified atom stereocenters. The maximum Gasteiger partial charge on any atom is 0.241 e. The van der Waals surface area contributed by atoms with Crippen molar-refractivity contribution in [2.24, 2.45) is 0 Å². The molecule has 2 aromatic rings. The van der Waals surface area contributed by atoms with Crippen molar-refractivity contribution in [3.8, 4) is 5.75 Å². The normalized spacial score (nSPS) is 17.6. The predicted molar refractivity (Wildman–Crippen MR) is 119 cm³/mol. The van der Waals surface area contributed by atoms with E-state index >= 15 is 0 Å². The number of amides is 1. The van der Waals surface area contributed by atoms with Crippen molar-refractivity contribution >= 4 is 21.6 Å². The Labute approximate surface area is 179 Å². The Bertz CT molecular complexity index is 1060. The summed E-state index contributed by atoms with van der Waals surface area (Å²) in [5.74, 6) is 0.395. The lowest BCUT2D eigenvalue weighted by Crippen LogP contribution is -2.45. The molecule has 7 heteroatoms. The van der Waals surface area contributed by atoms with Crippen molar-refractivity contribution < 1.29 is 17.9 Å². The molecule has 0 saturated heterocycles. The summed E-state index contributed by atoms with van der Waals surface area (Å²) < 4.78 is 32.1. The van der Waals surface area contributed by atoms with Gasteiger partial charge in [-0.15, -0.1) is 0 Å². The highest BCUT2D eigenvalue weighted by molar-refractivity contribution is 7.92. The monoisotopic (exact) mass is 430 g/mol. The Kier molecular flexibility index (Phi) is 5.87. The van der Waals surface area contributed by atoms with Crippen LogP contribution in [-0.2, 0) is 14.8 Å². The minimum atomic E-state index is -3.63. The molecule has 0 spiro atoms. The number of sulfonamides is 1.